The van der Waals surface area contributed by atoms with E-state index in [9.17, 15) is 9.90 Å². The summed E-state index contributed by atoms with van der Waals surface area (Å²) in [5.74, 6) is -0.592. The van der Waals surface area contributed by atoms with Crippen molar-refractivity contribution >= 4 is 11.7 Å². The average Bonchev–Trinajstić information content (AvgIpc) is 2.38. The molecule has 1 aliphatic heterocycles. The first-order valence-corrected chi connectivity index (χ1v) is 6.18. The van der Waals surface area contributed by atoms with Crippen LogP contribution in [0.4, 0.5) is 5.69 Å². The van der Waals surface area contributed by atoms with Gasteiger partial charge < -0.3 is 14.7 Å². The van der Waals surface area contributed by atoms with E-state index in [0.29, 0.717) is 0 Å². The Morgan fingerprint density at radius 2 is 2.22 bits per heavy atom. The topological polar surface area (TPSA) is 49.8 Å². The molecular formula is C14H19NO3. The highest BCUT2D eigenvalue weighted by Gasteiger charge is 2.34. The van der Waals surface area contributed by atoms with Crippen LogP contribution in [0, 0.1) is 0 Å². The molecule has 1 atom stereocenters. The molecule has 4 nitrogen and oxygen atoms in total. The number of hydrogen-bond acceptors (Lipinski definition) is 4. The van der Waals surface area contributed by atoms with Gasteiger partial charge in [0, 0.05) is 12.2 Å². The number of nitrogens with zero attached hydrogens (tertiary/aromatic N) is 1. The number of carbonyl (C=O) groups is 1. The van der Waals surface area contributed by atoms with E-state index in [-0.39, 0.29) is 6.54 Å². The molecule has 0 radical (unpaired) electrons. The zero-order valence-electron chi connectivity index (χ0n) is 10.8. The molecule has 2 rings (SSSR count). The van der Waals surface area contributed by atoms with E-state index in [1.165, 1.54) is 19.6 Å². The Kier molecular flexibility index (Phi) is 3.57. The van der Waals surface area contributed by atoms with Gasteiger partial charge in [0.1, 0.15) is 0 Å². The molecule has 4 heteroatoms. The lowest BCUT2D eigenvalue weighted by Crippen LogP contribution is -2.48. The summed E-state index contributed by atoms with van der Waals surface area (Å²) in [7, 11) is 1.29. The van der Waals surface area contributed by atoms with Crippen LogP contribution in [-0.4, -0.2) is 36.9 Å². The minimum atomic E-state index is -1.47. The van der Waals surface area contributed by atoms with Gasteiger partial charge in [-0.3, -0.25) is 0 Å². The second-order valence-electron chi connectivity index (χ2n) is 4.92. The van der Waals surface area contributed by atoms with Crippen LogP contribution in [0.25, 0.3) is 0 Å². The van der Waals surface area contributed by atoms with E-state index in [1.54, 1.807) is 0 Å². The zero-order chi connectivity index (χ0) is 13.2. The van der Waals surface area contributed by atoms with Gasteiger partial charge in [0.25, 0.3) is 0 Å². The van der Waals surface area contributed by atoms with Gasteiger partial charge in [0.2, 0.25) is 0 Å². The van der Waals surface area contributed by atoms with Gasteiger partial charge >= 0.3 is 5.97 Å². The van der Waals surface area contributed by atoms with Crippen molar-refractivity contribution < 1.29 is 14.6 Å². The second kappa shape index (κ2) is 4.98. The summed E-state index contributed by atoms with van der Waals surface area (Å²) in [6, 6.07) is 8.11. The molecule has 0 saturated carbocycles. The van der Waals surface area contributed by atoms with Crippen molar-refractivity contribution in [1.29, 1.82) is 0 Å². The Morgan fingerprint density at radius 3 is 2.94 bits per heavy atom. The zero-order valence-corrected chi connectivity index (χ0v) is 10.8. The van der Waals surface area contributed by atoms with Crippen LogP contribution in [0.1, 0.15) is 18.9 Å². The number of esters is 1. The number of carbonyl (C=O) groups excluding carboxylic acids is 1. The number of para-hydroxylation sites is 1. The third-order valence-electron chi connectivity index (χ3n) is 3.33. The van der Waals surface area contributed by atoms with Crippen LogP contribution in [0.2, 0.25) is 0 Å². The number of anilines is 1. The van der Waals surface area contributed by atoms with Crippen molar-refractivity contribution in [3.8, 4) is 0 Å². The number of aliphatic hydroxyl groups is 1. The van der Waals surface area contributed by atoms with Crippen molar-refractivity contribution in [3.05, 3.63) is 29.8 Å². The molecule has 0 spiro atoms. The quantitative estimate of drug-likeness (QED) is 0.822. The molecule has 1 aromatic carbocycles. The minimum Gasteiger partial charge on any atom is -0.467 e. The van der Waals surface area contributed by atoms with E-state index >= 15 is 0 Å². The molecule has 0 bridgehead atoms. The maximum atomic E-state index is 11.5. The van der Waals surface area contributed by atoms with Gasteiger partial charge in [0.05, 0.1) is 13.7 Å². The number of benzene rings is 1. The summed E-state index contributed by atoms with van der Waals surface area (Å²) in [5, 5.41) is 10.1. The third-order valence-corrected chi connectivity index (χ3v) is 3.33. The maximum absolute atomic E-state index is 11.5. The van der Waals surface area contributed by atoms with Crippen LogP contribution < -0.4 is 4.90 Å². The number of aryl methyl sites for hydroxylation is 1. The molecule has 1 N–H and O–H groups in total. The number of hydrogen-bond donors (Lipinski definition) is 1. The molecule has 1 aromatic rings. The standard InChI is InChI=1S/C14H19NO3/c1-14(17,13(16)18-2)10-15-9-5-7-11-6-3-4-8-12(11)15/h3-4,6,8,17H,5,7,9-10H2,1-2H3. The Balaban J connectivity index is 2.19. The van der Waals surface area contributed by atoms with Crippen LogP contribution in [0.5, 0.6) is 0 Å². The molecule has 1 unspecified atom stereocenters. The Morgan fingerprint density at radius 1 is 1.50 bits per heavy atom. The highest BCUT2D eigenvalue weighted by molar-refractivity contribution is 5.79. The Labute approximate surface area is 107 Å². The molecule has 0 saturated heterocycles. The molecular weight excluding hydrogens is 230 g/mol. The largest absolute Gasteiger partial charge is 0.467 e. The second-order valence-corrected chi connectivity index (χ2v) is 4.92. The van der Waals surface area contributed by atoms with E-state index in [4.69, 9.17) is 0 Å². The lowest BCUT2D eigenvalue weighted by molar-refractivity contribution is -0.159. The van der Waals surface area contributed by atoms with E-state index in [1.807, 2.05) is 18.2 Å². The Hall–Kier alpha value is -1.55. The lowest BCUT2D eigenvalue weighted by Gasteiger charge is -2.35. The van der Waals surface area contributed by atoms with Crippen LogP contribution in [0.15, 0.2) is 24.3 Å². The van der Waals surface area contributed by atoms with Gasteiger partial charge in [-0.2, -0.15) is 0 Å². The fourth-order valence-electron chi connectivity index (χ4n) is 2.43. The predicted octanol–water partition coefficient (Wildman–Crippen LogP) is 1.36. The molecule has 0 amide bonds. The SMILES string of the molecule is COC(=O)C(C)(O)CN1CCCc2ccccc21. The van der Waals surface area contributed by atoms with Crippen molar-refractivity contribution in [1.82, 2.24) is 0 Å². The van der Waals surface area contributed by atoms with Crippen molar-refractivity contribution in [2.45, 2.75) is 25.4 Å². The summed E-state index contributed by atoms with van der Waals surface area (Å²) in [4.78, 5) is 13.6. The van der Waals surface area contributed by atoms with Crippen LogP contribution in [0.3, 0.4) is 0 Å². The average molecular weight is 249 g/mol. The van der Waals surface area contributed by atoms with Crippen molar-refractivity contribution in [2.24, 2.45) is 0 Å². The van der Waals surface area contributed by atoms with Gasteiger partial charge in [-0.25, -0.2) is 4.79 Å². The minimum absolute atomic E-state index is 0.261. The number of fused-ring (bicyclic) bond motifs is 1. The van der Waals surface area contributed by atoms with Gasteiger partial charge in [0.15, 0.2) is 5.60 Å². The third kappa shape index (κ3) is 2.48. The fourth-order valence-corrected chi connectivity index (χ4v) is 2.43. The van der Waals surface area contributed by atoms with Crippen molar-refractivity contribution in [2.75, 3.05) is 25.1 Å². The first-order chi connectivity index (χ1) is 8.54. The molecule has 98 valence electrons. The summed E-state index contributed by atoms with van der Waals surface area (Å²) < 4.78 is 4.63. The predicted molar refractivity (Wildman–Crippen MR) is 69.6 cm³/mol. The number of β-amino-alcohol motifs (C(OH)–C–C–N with tert-alkyl or cyclic N) is 1. The molecule has 18 heavy (non-hydrogen) atoms. The van der Waals surface area contributed by atoms with Crippen LogP contribution in [-0.2, 0) is 16.0 Å². The molecule has 1 aliphatic rings. The first-order valence-electron chi connectivity index (χ1n) is 6.18. The highest BCUT2D eigenvalue weighted by Crippen LogP contribution is 2.28. The molecule has 0 fully saturated rings. The maximum Gasteiger partial charge on any atom is 0.339 e. The number of rotatable bonds is 3. The number of ether oxygens (including phenoxy) is 1. The lowest BCUT2D eigenvalue weighted by atomic mass is 9.99. The summed E-state index contributed by atoms with van der Waals surface area (Å²) in [6.07, 6.45) is 2.08. The van der Waals surface area contributed by atoms with E-state index in [2.05, 4.69) is 15.7 Å². The molecule has 0 aliphatic carbocycles. The highest BCUT2D eigenvalue weighted by atomic mass is 16.5. The fraction of sp³-hybridized carbons (Fsp3) is 0.500. The molecule has 1 heterocycles. The van der Waals surface area contributed by atoms with Gasteiger partial charge in [-0.1, -0.05) is 18.2 Å². The Bertz CT molecular complexity index is 442. The normalized spacial score (nSPS) is 17.8. The van der Waals surface area contributed by atoms with E-state index in [0.717, 1.165) is 25.1 Å². The summed E-state index contributed by atoms with van der Waals surface area (Å²) in [6.45, 7) is 2.61. The van der Waals surface area contributed by atoms with Crippen molar-refractivity contribution in [3.63, 3.8) is 0 Å². The first kappa shape index (κ1) is 12.9. The summed E-state index contributed by atoms with van der Waals surface area (Å²) in [5.41, 5.74) is 0.900. The monoisotopic (exact) mass is 249 g/mol. The van der Waals surface area contributed by atoms with Gasteiger partial charge in [-0.15, -0.1) is 0 Å². The smallest absolute Gasteiger partial charge is 0.339 e. The van der Waals surface area contributed by atoms with Crippen LogP contribution >= 0.6 is 0 Å². The number of methoxy groups -OCH3 is 1. The molecule has 0 aromatic heterocycles. The summed E-state index contributed by atoms with van der Waals surface area (Å²) >= 11 is 0. The van der Waals surface area contributed by atoms with E-state index < -0.39 is 11.6 Å². The van der Waals surface area contributed by atoms with Gasteiger partial charge in [-0.05, 0) is 31.4 Å².